The van der Waals surface area contributed by atoms with Crippen LogP contribution in [0.5, 0.6) is 0 Å². The Labute approximate surface area is 88.2 Å². The molecule has 0 spiro atoms. The van der Waals surface area contributed by atoms with Gasteiger partial charge in [0.25, 0.3) is 0 Å². The molecule has 5 heteroatoms. The second-order valence-corrected chi connectivity index (χ2v) is 3.77. The van der Waals surface area contributed by atoms with Crippen molar-refractivity contribution in [3.63, 3.8) is 0 Å². The summed E-state index contributed by atoms with van der Waals surface area (Å²) in [6, 6.07) is 0. The van der Waals surface area contributed by atoms with E-state index in [1.807, 2.05) is 13.8 Å². The van der Waals surface area contributed by atoms with Crippen molar-refractivity contribution in [2.24, 2.45) is 0 Å². The fourth-order valence-corrected chi connectivity index (χ4v) is 1.32. The van der Waals surface area contributed by atoms with Gasteiger partial charge in [0.1, 0.15) is 0 Å². The Hall–Kier alpha value is -0.290. The van der Waals surface area contributed by atoms with Gasteiger partial charge in [-0.1, -0.05) is 13.3 Å². The van der Waals surface area contributed by atoms with Gasteiger partial charge < -0.3 is 9.47 Å². The fraction of sp³-hybridized carbons (Fsp3) is 0.750. The minimum Gasteiger partial charge on any atom is -0.478 e. The summed E-state index contributed by atoms with van der Waals surface area (Å²) >= 11 is 5.57. The molecule has 0 rings (SSSR count). The van der Waals surface area contributed by atoms with Crippen LogP contribution < -0.4 is 0 Å². The molecule has 0 fully saturated rings. The third-order valence-electron chi connectivity index (χ3n) is 1.15. The van der Waals surface area contributed by atoms with Crippen LogP contribution in [-0.4, -0.2) is 22.9 Å². The van der Waals surface area contributed by atoms with E-state index in [1.165, 1.54) is 0 Å². The molecule has 0 aromatic heterocycles. The van der Waals surface area contributed by atoms with E-state index in [-0.39, 0.29) is 9.68 Å². The first-order chi connectivity index (χ1) is 6.20. The fourth-order valence-electron chi connectivity index (χ4n) is 0.545. The van der Waals surface area contributed by atoms with Crippen molar-refractivity contribution in [2.75, 3.05) is 13.2 Å². The SMILES string of the molecule is CCCCOC(=O)SC(=S)OCC. The van der Waals surface area contributed by atoms with Crippen LogP contribution >= 0.6 is 24.0 Å². The second kappa shape index (κ2) is 8.31. The number of unbranched alkanes of at least 4 members (excludes halogenated alkanes) is 1. The molecule has 13 heavy (non-hydrogen) atoms. The highest BCUT2D eigenvalue weighted by Crippen LogP contribution is 2.10. The van der Waals surface area contributed by atoms with Crippen molar-refractivity contribution in [3.05, 3.63) is 0 Å². The molecule has 0 radical (unpaired) electrons. The molecule has 0 N–H and O–H groups in total. The highest BCUT2D eigenvalue weighted by molar-refractivity contribution is 8.32. The summed E-state index contributed by atoms with van der Waals surface area (Å²) in [5.74, 6) is 0. The van der Waals surface area contributed by atoms with Gasteiger partial charge in [0.15, 0.2) is 0 Å². The number of thioether (sulfide) groups is 1. The quantitative estimate of drug-likeness (QED) is 0.415. The van der Waals surface area contributed by atoms with E-state index in [0.29, 0.717) is 13.2 Å². The zero-order valence-electron chi connectivity index (χ0n) is 7.87. The number of carbonyl (C=O) groups excluding carboxylic acids is 1. The predicted molar refractivity (Wildman–Crippen MR) is 58.1 cm³/mol. The Bertz CT molecular complexity index is 171. The summed E-state index contributed by atoms with van der Waals surface area (Å²) in [5.41, 5.74) is 0. The van der Waals surface area contributed by atoms with Gasteiger partial charge in [-0.25, -0.2) is 4.79 Å². The summed E-state index contributed by atoms with van der Waals surface area (Å²) in [5, 5.41) is -0.382. The molecule has 0 aliphatic carbocycles. The zero-order valence-corrected chi connectivity index (χ0v) is 9.50. The van der Waals surface area contributed by atoms with Crippen molar-refractivity contribution in [2.45, 2.75) is 26.7 Å². The Morgan fingerprint density at radius 1 is 1.38 bits per heavy atom. The van der Waals surface area contributed by atoms with E-state index >= 15 is 0 Å². The van der Waals surface area contributed by atoms with E-state index in [2.05, 4.69) is 0 Å². The molecule has 76 valence electrons. The summed E-state index contributed by atoms with van der Waals surface area (Å²) in [6.07, 6.45) is 1.89. The van der Waals surface area contributed by atoms with E-state index in [9.17, 15) is 4.79 Å². The van der Waals surface area contributed by atoms with E-state index in [1.54, 1.807) is 0 Å². The maximum absolute atomic E-state index is 11.0. The predicted octanol–water partition coefficient (Wildman–Crippen LogP) is 2.98. The first kappa shape index (κ1) is 12.7. The van der Waals surface area contributed by atoms with E-state index in [4.69, 9.17) is 21.7 Å². The molecule has 0 atom stereocenters. The molecule has 0 aliphatic heterocycles. The molecule has 0 aliphatic rings. The van der Waals surface area contributed by atoms with Gasteiger partial charge in [0, 0.05) is 11.8 Å². The van der Waals surface area contributed by atoms with Crippen LogP contribution in [0.25, 0.3) is 0 Å². The van der Waals surface area contributed by atoms with Crippen molar-refractivity contribution in [1.82, 2.24) is 0 Å². The van der Waals surface area contributed by atoms with Crippen molar-refractivity contribution < 1.29 is 14.3 Å². The minimum atomic E-state index is -0.382. The van der Waals surface area contributed by atoms with Crippen LogP contribution in [0.2, 0.25) is 0 Å². The number of thiocarbonyl (C=S) groups is 1. The minimum absolute atomic E-state index is 0.226. The van der Waals surface area contributed by atoms with Gasteiger partial charge in [-0.3, -0.25) is 0 Å². The highest BCUT2D eigenvalue weighted by atomic mass is 32.2. The first-order valence-electron chi connectivity index (χ1n) is 4.22. The summed E-state index contributed by atoms with van der Waals surface area (Å²) in [4.78, 5) is 11.0. The average Bonchev–Trinajstić information content (AvgIpc) is 2.05. The molecule has 0 aromatic carbocycles. The van der Waals surface area contributed by atoms with Crippen LogP contribution in [0.3, 0.4) is 0 Å². The Balaban J connectivity index is 3.44. The zero-order chi connectivity index (χ0) is 10.1. The van der Waals surface area contributed by atoms with Crippen molar-refractivity contribution >= 4 is 33.7 Å². The summed E-state index contributed by atoms with van der Waals surface area (Å²) in [7, 11) is 0. The molecule has 0 unspecified atom stereocenters. The van der Waals surface area contributed by atoms with Crippen LogP contribution in [0, 0.1) is 0 Å². The van der Waals surface area contributed by atoms with Crippen LogP contribution in [0.4, 0.5) is 4.79 Å². The molecule has 0 heterocycles. The van der Waals surface area contributed by atoms with Crippen molar-refractivity contribution in [3.8, 4) is 0 Å². The maximum Gasteiger partial charge on any atom is 0.375 e. The van der Waals surface area contributed by atoms with Gasteiger partial charge in [-0.2, -0.15) is 0 Å². The molecule has 0 saturated carbocycles. The number of hydrogen-bond donors (Lipinski definition) is 0. The maximum atomic E-state index is 11.0. The average molecular weight is 222 g/mol. The molecular weight excluding hydrogens is 208 g/mol. The third-order valence-corrected chi connectivity index (χ3v) is 2.08. The normalized spacial score (nSPS) is 9.38. The molecule has 0 aromatic rings. The van der Waals surface area contributed by atoms with Crippen LogP contribution in [0.15, 0.2) is 0 Å². The molecule has 0 amide bonds. The lowest BCUT2D eigenvalue weighted by atomic mass is 10.4. The first-order valence-corrected chi connectivity index (χ1v) is 5.44. The Morgan fingerprint density at radius 3 is 2.62 bits per heavy atom. The second-order valence-electron chi connectivity index (χ2n) is 2.24. The lowest BCUT2D eigenvalue weighted by Crippen LogP contribution is -2.04. The van der Waals surface area contributed by atoms with Gasteiger partial charge in [0.05, 0.1) is 13.2 Å². The van der Waals surface area contributed by atoms with Crippen LogP contribution in [0.1, 0.15) is 26.7 Å². The Kier molecular flexibility index (Phi) is 8.13. The van der Waals surface area contributed by atoms with Gasteiger partial charge in [-0.15, -0.1) is 0 Å². The number of rotatable bonds is 4. The summed E-state index contributed by atoms with van der Waals surface area (Å²) in [6.45, 7) is 4.78. The third kappa shape index (κ3) is 8.05. The lowest BCUT2D eigenvalue weighted by Gasteiger charge is -2.04. The number of ether oxygens (including phenoxy) is 2. The standard InChI is InChI=1S/C8H14O3S2/c1-3-5-6-11-7(9)13-8(12)10-4-2/h3-6H2,1-2H3. The smallest absolute Gasteiger partial charge is 0.375 e. The topological polar surface area (TPSA) is 35.5 Å². The number of carbonyl (C=O) groups is 1. The van der Waals surface area contributed by atoms with Gasteiger partial charge in [0.2, 0.25) is 4.38 Å². The largest absolute Gasteiger partial charge is 0.478 e. The molecule has 0 saturated heterocycles. The highest BCUT2D eigenvalue weighted by Gasteiger charge is 2.08. The lowest BCUT2D eigenvalue weighted by molar-refractivity contribution is 0.173. The Morgan fingerprint density at radius 2 is 2.08 bits per heavy atom. The summed E-state index contributed by atoms with van der Waals surface area (Å²) < 4.78 is 9.99. The van der Waals surface area contributed by atoms with Crippen molar-refractivity contribution in [1.29, 1.82) is 0 Å². The molecular formula is C8H14O3S2. The molecule has 0 bridgehead atoms. The van der Waals surface area contributed by atoms with Crippen LogP contribution in [-0.2, 0) is 9.47 Å². The van der Waals surface area contributed by atoms with Gasteiger partial charge in [-0.05, 0) is 25.6 Å². The number of hydrogen-bond acceptors (Lipinski definition) is 5. The van der Waals surface area contributed by atoms with Gasteiger partial charge >= 0.3 is 5.30 Å². The van der Waals surface area contributed by atoms with E-state index in [0.717, 1.165) is 24.6 Å². The molecule has 3 nitrogen and oxygen atoms in total. The monoisotopic (exact) mass is 222 g/mol. The van der Waals surface area contributed by atoms with E-state index < -0.39 is 0 Å².